The quantitative estimate of drug-likeness (QED) is 0.763. The Hall–Kier alpha value is -3.16. The normalized spacial score (nSPS) is 17.3. The largest absolute Gasteiger partial charge is 0.350 e. The highest BCUT2D eigenvalue weighted by atomic mass is 16.2. The van der Waals surface area contributed by atoms with E-state index in [2.05, 4.69) is 15.3 Å². The number of rotatable bonds is 3. The molecule has 1 N–H and O–H groups in total. The van der Waals surface area contributed by atoms with E-state index in [0.29, 0.717) is 24.6 Å². The number of carbonyl (C=O) groups excluding carboxylic acids is 1. The number of aromatic nitrogens is 5. The summed E-state index contributed by atoms with van der Waals surface area (Å²) in [6.45, 7) is 3.08. The Kier molecular flexibility index (Phi) is 4.39. The minimum Gasteiger partial charge on any atom is -0.337 e. The Labute approximate surface area is 156 Å². The second-order valence-corrected chi connectivity index (χ2v) is 6.96. The highest BCUT2D eigenvalue weighted by molar-refractivity contribution is 5.92. The first-order chi connectivity index (χ1) is 13.0. The van der Waals surface area contributed by atoms with Crippen molar-refractivity contribution in [3.63, 3.8) is 0 Å². The van der Waals surface area contributed by atoms with Crippen molar-refractivity contribution in [3.8, 4) is 5.69 Å². The summed E-state index contributed by atoms with van der Waals surface area (Å²) in [5.41, 5.74) is 1.89. The van der Waals surface area contributed by atoms with Crippen molar-refractivity contribution >= 4 is 5.91 Å². The maximum absolute atomic E-state index is 12.8. The van der Waals surface area contributed by atoms with Gasteiger partial charge in [0.25, 0.3) is 5.91 Å². The molecule has 3 heterocycles. The van der Waals surface area contributed by atoms with Gasteiger partial charge in [-0.05, 0) is 38.0 Å². The summed E-state index contributed by atoms with van der Waals surface area (Å²) in [6, 6.07) is 11.3. The Balaban J connectivity index is 1.65. The van der Waals surface area contributed by atoms with Crippen LogP contribution < -0.4 is 5.69 Å². The monoisotopic (exact) mass is 366 g/mol. The lowest BCUT2D eigenvalue weighted by atomic mass is 9.96. The molecule has 27 heavy (non-hydrogen) atoms. The van der Waals surface area contributed by atoms with Crippen LogP contribution in [0.5, 0.6) is 0 Å². The second-order valence-electron chi connectivity index (χ2n) is 6.96. The van der Waals surface area contributed by atoms with E-state index in [9.17, 15) is 9.59 Å². The van der Waals surface area contributed by atoms with E-state index in [0.717, 1.165) is 24.2 Å². The van der Waals surface area contributed by atoms with Crippen molar-refractivity contribution in [2.75, 3.05) is 13.1 Å². The van der Waals surface area contributed by atoms with Crippen molar-refractivity contribution in [1.29, 1.82) is 0 Å². The molecule has 0 radical (unpaired) electrons. The molecule has 1 atom stereocenters. The van der Waals surface area contributed by atoms with E-state index < -0.39 is 0 Å². The molecule has 1 fully saturated rings. The fourth-order valence-corrected chi connectivity index (χ4v) is 3.63. The Bertz CT molecular complexity index is 1020. The molecule has 1 aliphatic rings. The third-order valence-electron chi connectivity index (χ3n) is 4.96. The van der Waals surface area contributed by atoms with E-state index in [4.69, 9.17) is 0 Å². The van der Waals surface area contributed by atoms with Crippen molar-refractivity contribution in [2.45, 2.75) is 25.7 Å². The highest BCUT2D eigenvalue weighted by Gasteiger charge is 2.30. The maximum Gasteiger partial charge on any atom is 0.350 e. The molecule has 0 saturated carbocycles. The smallest absolute Gasteiger partial charge is 0.337 e. The summed E-state index contributed by atoms with van der Waals surface area (Å²) >= 11 is 0. The van der Waals surface area contributed by atoms with E-state index in [1.807, 2.05) is 37.3 Å². The van der Waals surface area contributed by atoms with Crippen LogP contribution in [-0.4, -0.2) is 48.4 Å². The topological polar surface area (TPSA) is 88.8 Å². The molecule has 1 saturated heterocycles. The van der Waals surface area contributed by atoms with Gasteiger partial charge in [0.1, 0.15) is 11.5 Å². The maximum atomic E-state index is 12.8. The number of aryl methyl sites for hydroxylation is 2. The van der Waals surface area contributed by atoms with Crippen molar-refractivity contribution in [3.05, 3.63) is 64.1 Å². The molecular formula is C19H22N6O2. The van der Waals surface area contributed by atoms with Crippen LogP contribution in [0, 0.1) is 6.92 Å². The molecule has 0 spiro atoms. The van der Waals surface area contributed by atoms with Crippen molar-refractivity contribution < 1.29 is 4.79 Å². The van der Waals surface area contributed by atoms with E-state index in [1.165, 1.54) is 4.68 Å². The molecule has 4 rings (SSSR count). The molecule has 1 amide bonds. The lowest BCUT2D eigenvalue weighted by Gasteiger charge is -2.31. The molecule has 8 heteroatoms. The van der Waals surface area contributed by atoms with Crippen molar-refractivity contribution in [1.82, 2.24) is 29.4 Å². The molecule has 1 aromatic carbocycles. The molecule has 0 unspecified atom stereocenters. The van der Waals surface area contributed by atoms with Crippen LogP contribution in [0.3, 0.4) is 0 Å². The number of para-hydroxylation sites is 1. The van der Waals surface area contributed by atoms with Crippen LogP contribution in [0.25, 0.3) is 5.69 Å². The first-order valence-corrected chi connectivity index (χ1v) is 9.07. The zero-order chi connectivity index (χ0) is 19.0. The van der Waals surface area contributed by atoms with Gasteiger partial charge in [-0.3, -0.25) is 9.89 Å². The number of amides is 1. The molecule has 3 aromatic rings. The van der Waals surface area contributed by atoms with Gasteiger partial charge in [-0.1, -0.05) is 18.2 Å². The lowest BCUT2D eigenvalue weighted by molar-refractivity contribution is 0.0698. The average Bonchev–Trinajstić information content (AvgIpc) is 3.25. The predicted octanol–water partition coefficient (Wildman–Crippen LogP) is 1.62. The molecule has 0 aliphatic carbocycles. The third kappa shape index (κ3) is 3.18. The summed E-state index contributed by atoms with van der Waals surface area (Å²) in [5, 5.41) is 11.4. The fourth-order valence-electron chi connectivity index (χ4n) is 3.63. The van der Waals surface area contributed by atoms with Crippen LogP contribution in [-0.2, 0) is 7.05 Å². The van der Waals surface area contributed by atoms with Crippen LogP contribution in [0.15, 0.2) is 41.2 Å². The first-order valence-electron chi connectivity index (χ1n) is 9.07. The molecule has 0 bridgehead atoms. The third-order valence-corrected chi connectivity index (χ3v) is 4.96. The number of likely N-dealkylation sites (tertiary alicyclic amines) is 1. The van der Waals surface area contributed by atoms with Gasteiger partial charge in [-0.15, -0.1) is 0 Å². The Morgan fingerprint density at radius 2 is 2.04 bits per heavy atom. The Morgan fingerprint density at radius 3 is 2.74 bits per heavy atom. The molecule has 8 nitrogen and oxygen atoms in total. The van der Waals surface area contributed by atoms with E-state index >= 15 is 0 Å². The van der Waals surface area contributed by atoms with Gasteiger partial charge in [-0.25, -0.2) is 14.0 Å². The number of nitrogens with zero attached hydrogens (tertiary/aromatic N) is 5. The highest BCUT2D eigenvalue weighted by Crippen LogP contribution is 2.27. The standard InChI is InChI=1S/C19H22N6O2/c1-13-11-16(21-20-13)18(26)24-10-6-7-14(12-24)17-22-23(2)19(27)25(17)15-8-4-3-5-9-15/h3-5,8-9,11,14H,6-7,10,12H2,1-2H3,(H,20,21)/t14-/m0/s1. The number of benzene rings is 1. The number of hydrogen-bond donors (Lipinski definition) is 1. The van der Waals surface area contributed by atoms with Crippen LogP contribution in [0.1, 0.15) is 40.8 Å². The number of H-pyrrole nitrogens is 1. The minimum atomic E-state index is -0.178. The minimum absolute atomic E-state index is 0.00292. The van der Waals surface area contributed by atoms with E-state index in [-0.39, 0.29) is 17.5 Å². The zero-order valence-electron chi connectivity index (χ0n) is 15.4. The summed E-state index contributed by atoms with van der Waals surface area (Å²) < 4.78 is 3.01. The second kappa shape index (κ2) is 6.86. The van der Waals surface area contributed by atoms with Gasteiger partial charge in [0.2, 0.25) is 0 Å². The zero-order valence-corrected chi connectivity index (χ0v) is 15.4. The molecule has 2 aromatic heterocycles. The van der Waals surface area contributed by atoms with Gasteiger partial charge in [0, 0.05) is 31.7 Å². The van der Waals surface area contributed by atoms with Gasteiger partial charge in [0.15, 0.2) is 0 Å². The first kappa shape index (κ1) is 17.3. The SMILES string of the molecule is Cc1cc(C(=O)N2CCC[C@H](c3nn(C)c(=O)n3-c3ccccc3)C2)n[nH]1. The van der Waals surface area contributed by atoms with Gasteiger partial charge >= 0.3 is 5.69 Å². The molecule has 140 valence electrons. The van der Waals surface area contributed by atoms with Gasteiger partial charge in [0.05, 0.1) is 5.69 Å². The number of nitrogens with one attached hydrogen (secondary N) is 1. The summed E-state index contributed by atoms with van der Waals surface area (Å²) in [6.07, 6.45) is 1.74. The average molecular weight is 366 g/mol. The van der Waals surface area contributed by atoms with Crippen LogP contribution in [0.2, 0.25) is 0 Å². The fraction of sp³-hybridized carbons (Fsp3) is 0.368. The van der Waals surface area contributed by atoms with Gasteiger partial charge < -0.3 is 4.90 Å². The number of hydrogen-bond acceptors (Lipinski definition) is 4. The number of aromatic amines is 1. The summed E-state index contributed by atoms with van der Waals surface area (Å²) in [7, 11) is 1.66. The predicted molar refractivity (Wildman–Crippen MR) is 100 cm³/mol. The van der Waals surface area contributed by atoms with Crippen LogP contribution >= 0.6 is 0 Å². The number of carbonyl (C=O) groups is 1. The van der Waals surface area contributed by atoms with E-state index in [1.54, 1.807) is 22.6 Å². The molecular weight excluding hydrogens is 344 g/mol. The molecule has 1 aliphatic heterocycles. The summed E-state index contributed by atoms with van der Waals surface area (Å²) in [4.78, 5) is 27.2. The Morgan fingerprint density at radius 1 is 1.26 bits per heavy atom. The summed E-state index contributed by atoms with van der Waals surface area (Å²) in [5.74, 6) is 0.606. The van der Waals surface area contributed by atoms with Gasteiger partial charge in [-0.2, -0.15) is 10.2 Å². The number of piperidine rings is 1. The lowest BCUT2D eigenvalue weighted by Crippen LogP contribution is -2.40. The van der Waals surface area contributed by atoms with Crippen LogP contribution in [0.4, 0.5) is 0 Å². The van der Waals surface area contributed by atoms with Crippen molar-refractivity contribution in [2.24, 2.45) is 7.05 Å².